The van der Waals surface area contributed by atoms with E-state index in [4.69, 9.17) is 4.74 Å². The van der Waals surface area contributed by atoms with Gasteiger partial charge in [-0.3, -0.25) is 9.36 Å². The number of aryl methyl sites for hydroxylation is 3. The molecule has 0 radical (unpaired) electrons. The number of nitrogens with zero attached hydrogens (tertiary/aromatic N) is 2. The lowest BCUT2D eigenvalue weighted by Gasteiger charge is -2.15. The summed E-state index contributed by atoms with van der Waals surface area (Å²) in [6.45, 7) is 7.81. The first-order valence-corrected chi connectivity index (χ1v) is 7.28. The van der Waals surface area contributed by atoms with Crippen LogP contribution in [0, 0.1) is 27.7 Å². The number of aliphatic hydroxyl groups is 1. The molecule has 5 nitrogen and oxygen atoms in total. The smallest absolute Gasteiger partial charge is 0.256 e. The van der Waals surface area contributed by atoms with E-state index < -0.39 is 6.10 Å². The fourth-order valence-corrected chi connectivity index (χ4v) is 2.29. The summed E-state index contributed by atoms with van der Waals surface area (Å²) < 4.78 is 7.02. The molecular formula is C17H22N2O3. The first-order chi connectivity index (χ1) is 10.4. The van der Waals surface area contributed by atoms with Gasteiger partial charge in [-0.25, -0.2) is 4.98 Å². The first-order valence-electron chi connectivity index (χ1n) is 7.28. The van der Waals surface area contributed by atoms with Crippen molar-refractivity contribution in [3.63, 3.8) is 0 Å². The zero-order valence-electron chi connectivity index (χ0n) is 13.5. The van der Waals surface area contributed by atoms with E-state index in [9.17, 15) is 9.90 Å². The molecular weight excluding hydrogens is 280 g/mol. The summed E-state index contributed by atoms with van der Waals surface area (Å²) in [6.07, 6.45) is 0.687. The van der Waals surface area contributed by atoms with Gasteiger partial charge in [0.2, 0.25) is 0 Å². The highest BCUT2D eigenvalue weighted by atomic mass is 16.5. The van der Waals surface area contributed by atoms with Gasteiger partial charge in [0.1, 0.15) is 18.5 Å². The van der Waals surface area contributed by atoms with Crippen LogP contribution in [0.1, 0.15) is 22.4 Å². The van der Waals surface area contributed by atoms with Gasteiger partial charge in [0.25, 0.3) is 5.56 Å². The molecule has 1 aromatic heterocycles. The summed E-state index contributed by atoms with van der Waals surface area (Å²) in [5, 5.41) is 10.1. The van der Waals surface area contributed by atoms with Crippen molar-refractivity contribution < 1.29 is 9.84 Å². The highest BCUT2D eigenvalue weighted by Crippen LogP contribution is 2.16. The number of aliphatic hydroxyl groups excluding tert-OH is 1. The highest BCUT2D eigenvalue weighted by Gasteiger charge is 2.10. The molecule has 5 heteroatoms. The van der Waals surface area contributed by atoms with E-state index in [1.54, 1.807) is 13.8 Å². The van der Waals surface area contributed by atoms with Crippen LogP contribution in [0.3, 0.4) is 0 Å². The van der Waals surface area contributed by atoms with Gasteiger partial charge in [0.05, 0.1) is 12.9 Å². The van der Waals surface area contributed by atoms with Crippen molar-refractivity contribution in [3.05, 3.63) is 57.3 Å². The molecule has 0 saturated carbocycles. The molecule has 0 amide bonds. The minimum absolute atomic E-state index is 0.127. The van der Waals surface area contributed by atoms with E-state index in [0.717, 1.165) is 16.9 Å². The number of benzene rings is 1. The standard InChI is InChI=1S/C17H22N2O3/c1-11-5-12(2)7-16(6-11)22-9-15(20)8-19-10-18-14(4)13(3)17(19)21/h5-7,10,15,20H,8-9H2,1-4H3/t15-/m0/s1. The second kappa shape index (κ2) is 6.75. The lowest BCUT2D eigenvalue weighted by Crippen LogP contribution is -2.31. The Bertz CT molecular complexity index is 702. The van der Waals surface area contributed by atoms with Crippen molar-refractivity contribution in [1.82, 2.24) is 9.55 Å². The summed E-state index contributed by atoms with van der Waals surface area (Å²) in [7, 11) is 0. The molecule has 118 valence electrons. The Labute approximate surface area is 130 Å². The number of aromatic nitrogens is 2. The van der Waals surface area contributed by atoms with Crippen LogP contribution < -0.4 is 10.3 Å². The van der Waals surface area contributed by atoms with Crippen LogP contribution in [0.5, 0.6) is 5.75 Å². The van der Waals surface area contributed by atoms with Crippen LogP contribution in [0.15, 0.2) is 29.3 Å². The monoisotopic (exact) mass is 302 g/mol. The van der Waals surface area contributed by atoms with Gasteiger partial charge in [-0.2, -0.15) is 0 Å². The third kappa shape index (κ3) is 3.95. The summed E-state index contributed by atoms with van der Waals surface area (Å²) in [4.78, 5) is 16.2. The summed E-state index contributed by atoms with van der Waals surface area (Å²) in [5.41, 5.74) is 3.41. The quantitative estimate of drug-likeness (QED) is 0.916. The normalized spacial score (nSPS) is 12.2. The molecule has 0 bridgehead atoms. The SMILES string of the molecule is Cc1cc(C)cc(OC[C@@H](O)Cn2cnc(C)c(C)c2=O)c1. The molecule has 1 aromatic carbocycles. The molecule has 2 aromatic rings. The summed E-state index contributed by atoms with van der Waals surface area (Å²) >= 11 is 0. The van der Waals surface area contributed by atoms with Crippen molar-refractivity contribution in [2.75, 3.05) is 6.61 Å². The van der Waals surface area contributed by atoms with Crippen LogP contribution in [-0.4, -0.2) is 27.4 Å². The van der Waals surface area contributed by atoms with Gasteiger partial charge < -0.3 is 9.84 Å². The summed E-state index contributed by atoms with van der Waals surface area (Å²) in [6, 6.07) is 5.90. The van der Waals surface area contributed by atoms with Crippen LogP contribution in [-0.2, 0) is 6.54 Å². The third-order valence-corrected chi connectivity index (χ3v) is 3.56. The summed E-state index contributed by atoms with van der Waals surface area (Å²) in [5.74, 6) is 0.724. The van der Waals surface area contributed by atoms with Gasteiger partial charge >= 0.3 is 0 Å². The van der Waals surface area contributed by atoms with E-state index in [-0.39, 0.29) is 18.7 Å². The molecule has 0 aliphatic heterocycles. The molecule has 0 spiro atoms. The minimum atomic E-state index is -0.776. The molecule has 1 heterocycles. The number of hydrogen-bond acceptors (Lipinski definition) is 4. The maximum Gasteiger partial charge on any atom is 0.256 e. The predicted molar refractivity (Wildman–Crippen MR) is 85.4 cm³/mol. The fourth-order valence-electron chi connectivity index (χ4n) is 2.29. The Morgan fingerprint density at radius 2 is 1.82 bits per heavy atom. The maximum absolute atomic E-state index is 12.1. The zero-order valence-corrected chi connectivity index (χ0v) is 13.5. The minimum Gasteiger partial charge on any atom is -0.491 e. The molecule has 0 aliphatic carbocycles. The topological polar surface area (TPSA) is 64.3 Å². The van der Waals surface area contributed by atoms with Gasteiger partial charge in [-0.05, 0) is 51.0 Å². The lowest BCUT2D eigenvalue weighted by molar-refractivity contribution is 0.0912. The van der Waals surface area contributed by atoms with Crippen LogP contribution in [0.25, 0.3) is 0 Å². The molecule has 0 saturated heterocycles. The molecule has 0 aliphatic rings. The third-order valence-electron chi connectivity index (χ3n) is 3.56. The average molecular weight is 302 g/mol. The molecule has 0 unspecified atom stereocenters. The second-order valence-electron chi connectivity index (χ2n) is 5.70. The number of rotatable bonds is 5. The lowest BCUT2D eigenvalue weighted by atomic mass is 10.1. The Kier molecular flexibility index (Phi) is 4.98. The molecule has 1 N–H and O–H groups in total. The Morgan fingerprint density at radius 3 is 2.45 bits per heavy atom. The van der Waals surface area contributed by atoms with Gasteiger partial charge in [0.15, 0.2) is 0 Å². The van der Waals surface area contributed by atoms with Crippen LogP contribution in [0.4, 0.5) is 0 Å². The van der Waals surface area contributed by atoms with E-state index in [0.29, 0.717) is 11.3 Å². The van der Waals surface area contributed by atoms with Crippen molar-refractivity contribution in [2.24, 2.45) is 0 Å². The predicted octanol–water partition coefficient (Wildman–Crippen LogP) is 1.92. The molecule has 2 rings (SSSR count). The molecule has 22 heavy (non-hydrogen) atoms. The second-order valence-corrected chi connectivity index (χ2v) is 5.70. The number of hydrogen-bond donors (Lipinski definition) is 1. The Hall–Kier alpha value is -2.14. The van der Waals surface area contributed by atoms with Gasteiger partial charge in [-0.15, -0.1) is 0 Å². The highest BCUT2D eigenvalue weighted by molar-refractivity contribution is 5.33. The largest absolute Gasteiger partial charge is 0.491 e. The van der Waals surface area contributed by atoms with Gasteiger partial charge in [0, 0.05) is 11.3 Å². The van der Waals surface area contributed by atoms with Crippen molar-refractivity contribution in [2.45, 2.75) is 40.3 Å². The molecule has 1 atom stereocenters. The Morgan fingerprint density at radius 1 is 1.18 bits per heavy atom. The average Bonchev–Trinajstić information content (AvgIpc) is 2.45. The Balaban J connectivity index is 2.00. The van der Waals surface area contributed by atoms with Crippen LogP contribution >= 0.6 is 0 Å². The first kappa shape index (κ1) is 16.2. The van der Waals surface area contributed by atoms with E-state index in [2.05, 4.69) is 11.1 Å². The number of ether oxygens (including phenoxy) is 1. The maximum atomic E-state index is 12.1. The van der Waals surface area contributed by atoms with Gasteiger partial charge in [-0.1, -0.05) is 6.07 Å². The van der Waals surface area contributed by atoms with Crippen molar-refractivity contribution in [3.8, 4) is 5.75 Å². The van der Waals surface area contributed by atoms with E-state index in [1.165, 1.54) is 10.9 Å². The van der Waals surface area contributed by atoms with Crippen molar-refractivity contribution >= 4 is 0 Å². The molecule has 0 fully saturated rings. The van der Waals surface area contributed by atoms with Crippen LogP contribution in [0.2, 0.25) is 0 Å². The van der Waals surface area contributed by atoms with E-state index in [1.807, 2.05) is 26.0 Å². The van der Waals surface area contributed by atoms with Crippen molar-refractivity contribution in [1.29, 1.82) is 0 Å². The zero-order chi connectivity index (χ0) is 16.3. The van der Waals surface area contributed by atoms with E-state index >= 15 is 0 Å². The fraction of sp³-hybridized carbons (Fsp3) is 0.412.